The molecule has 0 radical (unpaired) electrons. The molecular weight excluding hydrogens is 274 g/mol. The zero-order chi connectivity index (χ0) is 15.2. The minimum atomic E-state index is 0.506. The molecule has 3 heteroatoms. The van der Waals surface area contributed by atoms with Crippen molar-refractivity contribution in [3.8, 4) is 0 Å². The summed E-state index contributed by atoms with van der Waals surface area (Å²) >= 11 is 0. The van der Waals surface area contributed by atoms with Crippen LogP contribution >= 0.6 is 0 Å². The maximum absolute atomic E-state index is 8.93. The third kappa shape index (κ3) is 4.46. The molecule has 3 atom stereocenters. The van der Waals surface area contributed by atoms with Gasteiger partial charge < -0.3 is 5.32 Å². The second-order valence-corrected chi connectivity index (χ2v) is 8.14. The van der Waals surface area contributed by atoms with E-state index in [9.17, 15) is 0 Å². The zero-order valence-electron chi connectivity index (χ0n) is 14.1. The van der Waals surface area contributed by atoms with Gasteiger partial charge in [-0.2, -0.15) is 0 Å². The van der Waals surface area contributed by atoms with E-state index in [1.165, 1.54) is 83.5 Å². The molecule has 128 valence electrons. The first-order valence-electron chi connectivity index (χ1n) is 9.89. The molecule has 0 aliphatic heterocycles. The Hall–Kier alpha value is -0.120. The van der Waals surface area contributed by atoms with Crippen molar-refractivity contribution in [1.29, 1.82) is 0 Å². The lowest BCUT2D eigenvalue weighted by Gasteiger charge is -2.42. The Bertz CT molecular complexity index is 311. The van der Waals surface area contributed by atoms with Crippen molar-refractivity contribution >= 4 is 0 Å². The molecule has 3 aliphatic carbocycles. The molecule has 3 aliphatic rings. The van der Waals surface area contributed by atoms with Crippen LogP contribution in [0.4, 0.5) is 0 Å². The summed E-state index contributed by atoms with van der Waals surface area (Å²) in [5.74, 6) is 2.39. The summed E-state index contributed by atoms with van der Waals surface area (Å²) in [6.45, 7) is 0.516. The minimum Gasteiger partial charge on any atom is -0.311 e. The van der Waals surface area contributed by atoms with Gasteiger partial charge in [-0.3, -0.25) is 5.26 Å². The van der Waals surface area contributed by atoms with E-state index in [0.717, 1.165) is 11.8 Å². The van der Waals surface area contributed by atoms with Crippen molar-refractivity contribution < 1.29 is 10.1 Å². The molecule has 22 heavy (non-hydrogen) atoms. The fourth-order valence-corrected chi connectivity index (χ4v) is 5.37. The van der Waals surface area contributed by atoms with Crippen LogP contribution in [0.5, 0.6) is 0 Å². The molecular formula is C19H35NO2. The van der Waals surface area contributed by atoms with Crippen molar-refractivity contribution in [2.45, 2.75) is 95.6 Å². The number of hydrogen-bond acceptors (Lipinski definition) is 3. The fourth-order valence-electron chi connectivity index (χ4n) is 5.37. The summed E-state index contributed by atoms with van der Waals surface area (Å²) in [5, 5.41) is 12.9. The summed E-state index contributed by atoms with van der Waals surface area (Å²) in [5.41, 5.74) is 0. The predicted molar refractivity (Wildman–Crippen MR) is 89.8 cm³/mol. The summed E-state index contributed by atoms with van der Waals surface area (Å²) in [7, 11) is 0. The van der Waals surface area contributed by atoms with E-state index in [0.29, 0.717) is 24.6 Å². The molecule has 0 aromatic rings. The van der Waals surface area contributed by atoms with E-state index < -0.39 is 0 Å². The minimum absolute atomic E-state index is 0.506. The fraction of sp³-hybridized carbons (Fsp3) is 1.00. The maximum atomic E-state index is 8.93. The highest BCUT2D eigenvalue weighted by Crippen LogP contribution is 2.40. The van der Waals surface area contributed by atoms with Crippen LogP contribution in [0.25, 0.3) is 0 Å². The van der Waals surface area contributed by atoms with Crippen LogP contribution in [-0.2, 0) is 4.89 Å². The van der Waals surface area contributed by atoms with Crippen molar-refractivity contribution in [3.05, 3.63) is 0 Å². The van der Waals surface area contributed by atoms with E-state index in [1.54, 1.807) is 0 Å². The van der Waals surface area contributed by atoms with Crippen LogP contribution in [0.2, 0.25) is 0 Å². The van der Waals surface area contributed by atoms with Crippen LogP contribution in [0, 0.1) is 17.8 Å². The van der Waals surface area contributed by atoms with Gasteiger partial charge in [-0.1, -0.05) is 51.4 Å². The smallest absolute Gasteiger partial charge is 0.0862 e. The molecule has 0 aromatic heterocycles. The second kappa shape index (κ2) is 8.65. The molecule has 0 amide bonds. The highest BCUT2D eigenvalue weighted by molar-refractivity contribution is 4.90. The van der Waals surface area contributed by atoms with Gasteiger partial charge in [0.25, 0.3) is 0 Å². The molecule has 3 saturated carbocycles. The molecule has 0 aromatic carbocycles. The molecule has 0 spiro atoms. The molecule has 0 heterocycles. The largest absolute Gasteiger partial charge is 0.311 e. The van der Waals surface area contributed by atoms with E-state index in [1.807, 2.05) is 0 Å². The highest BCUT2D eigenvalue weighted by Gasteiger charge is 2.35. The molecule has 3 unspecified atom stereocenters. The topological polar surface area (TPSA) is 41.5 Å². The third-order valence-corrected chi connectivity index (χ3v) is 6.69. The van der Waals surface area contributed by atoms with Crippen molar-refractivity contribution in [2.24, 2.45) is 17.8 Å². The van der Waals surface area contributed by atoms with Gasteiger partial charge in [0.05, 0.1) is 6.61 Å². The first kappa shape index (κ1) is 16.7. The third-order valence-electron chi connectivity index (χ3n) is 6.69. The summed E-state index contributed by atoms with van der Waals surface area (Å²) in [6, 6.07) is 1.28. The summed E-state index contributed by atoms with van der Waals surface area (Å²) in [6.07, 6.45) is 18.0. The average Bonchev–Trinajstić information content (AvgIpc) is 2.58. The van der Waals surface area contributed by atoms with Crippen molar-refractivity contribution in [1.82, 2.24) is 5.32 Å². The lowest BCUT2D eigenvalue weighted by molar-refractivity contribution is -0.254. The molecule has 0 saturated heterocycles. The number of hydrogen-bond donors (Lipinski definition) is 2. The van der Waals surface area contributed by atoms with Crippen molar-refractivity contribution in [3.63, 3.8) is 0 Å². The quantitative estimate of drug-likeness (QED) is 0.568. The van der Waals surface area contributed by atoms with Gasteiger partial charge in [-0.15, -0.1) is 0 Å². The zero-order valence-corrected chi connectivity index (χ0v) is 14.1. The van der Waals surface area contributed by atoms with Gasteiger partial charge in [0, 0.05) is 18.0 Å². The second-order valence-electron chi connectivity index (χ2n) is 8.14. The van der Waals surface area contributed by atoms with Gasteiger partial charge in [0.2, 0.25) is 0 Å². The normalized spacial score (nSPS) is 35.6. The van der Waals surface area contributed by atoms with Gasteiger partial charge in [-0.05, 0) is 43.9 Å². The lowest BCUT2D eigenvalue weighted by Crippen LogP contribution is -2.49. The molecule has 3 rings (SSSR count). The Labute approximate surface area is 136 Å². The highest BCUT2D eigenvalue weighted by atomic mass is 17.1. The average molecular weight is 309 g/mol. The Morgan fingerprint density at radius 2 is 1.45 bits per heavy atom. The van der Waals surface area contributed by atoms with Crippen LogP contribution in [0.1, 0.15) is 83.5 Å². The van der Waals surface area contributed by atoms with Crippen LogP contribution in [0.3, 0.4) is 0 Å². The first-order valence-corrected chi connectivity index (χ1v) is 9.89. The van der Waals surface area contributed by atoms with E-state index in [4.69, 9.17) is 5.26 Å². The first-order chi connectivity index (χ1) is 10.9. The van der Waals surface area contributed by atoms with Crippen LogP contribution < -0.4 is 5.32 Å². The number of nitrogens with one attached hydrogen (secondary N) is 1. The van der Waals surface area contributed by atoms with E-state index in [-0.39, 0.29) is 0 Å². The molecule has 0 bridgehead atoms. The van der Waals surface area contributed by atoms with Gasteiger partial charge in [-0.25, -0.2) is 4.89 Å². The predicted octanol–water partition coefficient (Wildman–Crippen LogP) is 4.76. The standard InChI is InChI=1S/C19H35NO2/c21-22-14-17-12-11-16(15-7-3-1-4-8-15)13-19(17)20-18-9-5-2-6-10-18/h15-21H,1-14H2. The van der Waals surface area contributed by atoms with Crippen LogP contribution in [-0.4, -0.2) is 23.9 Å². The number of rotatable bonds is 5. The van der Waals surface area contributed by atoms with Gasteiger partial charge in [0.1, 0.15) is 0 Å². The summed E-state index contributed by atoms with van der Waals surface area (Å²) < 4.78 is 0. The SMILES string of the molecule is OOCC1CCC(C2CCCCC2)CC1NC1CCCCC1. The van der Waals surface area contributed by atoms with Crippen molar-refractivity contribution in [2.75, 3.05) is 6.61 Å². The summed E-state index contributed by atoms with van der Waals surface area (Å²) in [4.78, 5) is 4.54. The Morgan fingerprint density at radius 3 is 2.14 bits per heavy atom. The van der Waals surface area contributed by atoms with Gasteiger partial charge >= 0.3 is 0 Å². The molecule has 3 fully saturated rings. The molecule has 2 N–H and O–H groups in total. The monoisotopic (exact) mass is 309 g/mol. The van der Waals surface area contributed by atoms with Gasteiger partial charge in [0.15, 0.2) is 0 Å². The Kier molecular flexibility index (Phi) is 6.58. The van der Waals surface area contributed by atoms with E-state index in [2.05, 4.69) is 10.2 Å². The maximum Gasteiger partial charge on any atom is 0.0862 e. The van der Waals surface area contributed by atoms with E-state index >= 15 is 0 Å². The Morgan fingerprint density at radius 1 is 0.773 bits per heavy atom. The lowest BCUT2D eigenvalue weighted by atomic mass is 9.69. The van der Waals surface area contributed by atoms with Crippen LogP contribution in [0.15, 0.2) is 0 Å². The molecule has 3 nitrogen and oxygen atoms in total. The Balaban J connectivity index is 1.56.